The fraction of sp³-hybridized carbons (Fsp3) is 0.341. The monoisotopic (exact) mass is 733 g/mol. The maximum absolute atomic E-state index is 17.0. The van der Waals surface area contributed by atoms with E-state index < -0.39 is 23.4 Å². The van der Waals surface area contributed by atoms with Crippen molar-refractivity contribution in [2.24, 2.45) is 5.41 Å². The van der Waals surface area contributed by atoms with Gasteiger partial charge in [0.25, 0.3) is 5.91 Å². The molecule has 2 saturated heterocycles. The number of pyridine rings is 2. The summed E-state index contributed by atoms with van der Waals surface area (Å²) in [6, 6.07) is 10.8. The number of piperidine rings is 1. The van der Waals surface area contributed by atoms with Crippen LogP contribution in [0.4, 0.5) is 19.0 Å². The molecular formula is C41H38F3N7O3. The molecule has 276 valence electrons. The molecule has 3 fully saturated rings. The number of amides is 1. The molecule has 0 radical (unpaired) electrons. The van der Waals surface area contributed by atoms with Gasteiger partial charge in [0.2, 0.25) is 0 Å². The number of phenolic OH excluding ortho intramolecular Hbond substituents is 1. The van der Waals surface area contributed by atoms with Crippen LogP contribution < -0.4 is 9.64 Å². The van der Waals surface area contributed by atoms with Crippen molar-refractivity contribution < 1.29 is 27.8 Å². The number of terminal acetylenes is 1. The summed E-state index contributed by atoms with van der Waals surface area (Å²) in [5.41, 5.74) is -0.00135. The zero-order valence-electron chi connectivity index (χ0n) is 29.7. The SMILES string of the molecule is C#Cc1c(F)ccc2cc(O)cc(-c3ncc4c(N5CCN(C(=O)/C(F)=C/c6ccccn6)CC5)nc(OCC56CCCC5N(C)CCC6)nc4c3F)c12. The van der Waals surface area contributed by atoms with Gasteiger partial charge in [0.05, 0.1) is 23.3 Å². The van der Waals surface area contributed by atoms with E-state index in [2.05, 4.69) is 32.8 Å². The number of carbonyl (C=O) groups excluding carboxylic acids is 1. The summed E-state index contributed by atoms with van der Waals surface area (Å²) >= 11 is 0. The first kappa shape index (κ1) is 35.3. The molecule has 0 spiro atoms. The first-order valence-corrected chi connectivity index (χ1v) is 18.1. The maximum Gasteiger partial charge on any atom is 0.319 e. The van der Waals surface area contributed by atoms with Crippen LogP contribution in [0.2, 0.25) is 0 Å². The predicted molar refractivity (Wildman–Crippen MR) is 199 cm³/mol. The summed E-state index contributed by atoms with van der Waals surface area (Å²) in [4.78, 5) is 36.7. The lowest BCUT2D eigenvalue weighted by Gasteiger charge is -2.44. The molecule has 3 aromatic heterocycles. The number of piperazine rings is 1. The highest BCUT2D eigenvalue weighted by Gasteiger charge is 2.47. The van der Waals surface area contributed by atoms with Crippen LogP contribution in [0.3, 0.4) is 0 Å². The van der Waals surface area contributed by atoms with Crippen LogP contribution in [0.15, 0.2) is 60.7 Å². The van der Waals surface area contributed by atoms with Gasteiger partial charge in [-0.2, -0.15) is 9.97 Å². The number of likely N-dealkylation sites (tertiary alicyclic amines) is 1. The van der Waals surface area contributed by atoms with Gasteiger partial charge in [0.1, 0.15) is 28.6 Å². The van der Waals surface area contributed by atoms with Gasteiger partial charge in [-0.25, -0.2) is 13.2 Å². The second-order valence-corrected chi connectivity index (χ2v) is 14.3. The molecule has 2 aromatic carbocycles. The Labute approximate surface area is 310 Å². The topological polar surface area (TPSA) is 108 Å². The zero-order valence-corrected chi connectivity index (χ0v) is 29.7. The molecule has 5 heterocycles. The minimum atomic E-state index is -0.922. The number of hydrogen-bond donors (Lipinski definition) is 1. The third kappa shape index (κ3) is 6.34. The molecule has 1 N–H and O–H groups in total. The van der Waals surface area contributed by atoms with Gasteiger partial charge in [-0.3, -0.25) is 14.8 Å². The quantitative estimate of drug-likeness (QED) is 0.148. The minimum Gasteiger partial charge on any atom is -0.508 e. The summed E-state index contributed by atoms with van der Waals surface area (Å²) in [6.07, 6.45) is 15.0. The van der Waals surface area contributed by atoms with Crippen LogP contribution in [0, 0.1) is 29.4 Å². The van der Waals surface area contributed by atoms with Crippen molar-refractivity contribution in [3.05, 3.63) is 83.6 Å². The Balaban J connectivity index is 1.17. The average molecular weight is 734 g/mol. The smallest absolute Gasteiger partial charge is 0.319 e. The molecule has 1 saturated carbocycles. The highest BCUT2D eigenvalue weighted by atomic mass is 19.1. The number of benzene rings is 2. The number of rotatable bonds is 7. The molecule has 3 aliphatic rings. The van der Waals surface area contributed by atoms with Crippen molar-refractivity contribution in [3.8, 4) is 35.4 Å². The number of anilines is 1. The number of phenols is 1. The second-order valence-electron chi connectivity index (χ2n) is 14.3. The van der Waals surface area contributed by atoms with Crippen molar-refractivity contribution in [2.45, 2.75) is 38.1 Å². The van der Waals surface area contributed by atoms with Crippen LogP contribution >= 0.6 is 0 Å². The lowest BCUT2D eigenvalue weighted by molar-refractivity contribution is -0.128. The molecule has 1 amide bonds. The largest absolute Gasteiger partial charge is 0.508 e. The fourth-order valence-corrected chi connectivity index (χ4v) is 8.58. The third-order valence-corrected chi connectivity index (χ3v) is 11.2. The number of fused-ring (bicyclic) bond motifs is 3. The number of nitrogens with zero attached hydrogens (tertiary/aromatic N) is 7. The average Bonchev–Trinajstić information content (AvgIpc) is 3.63. The van der Waals surface area contributed by atoms with E-state index in [9.17, 15) is 18.7 Å². The van der Waals surface area contributed by atoms with Crippen molar-refractivity contribution >= 4 is 39.5 Å². The van der Waals surface area contributed by atoms with Crippen molar-refractivity contribution in [1.29, 1.82) is 0 Å². The molecule has 5 aromatic rings. The van der Waals surface area contributed by atoms with Gasteiger partial charge in [-0.1, -0.05) is 24.5 Å². The Hall–Kier alpha value is -5.74. The van der Waals surface area contributed by atoms with Gasteiger partial charge in [0, 0.05) is 67.1 Å². The molecule has 1 aliphatic carbocycles. The molecule has 0 bridgehead atoms. The summed E-state index contributed by atoms with van der Waals surface area (Å²) in [7, 11) is 2.14. The Morgan fingerprint density at radius 2 is 1.89 bits per heavy atom. The number of ether oxygens (including phenoxy) is 1. The number of hydrogen-bond acceptors (Lipinski definition) is 9. The lowest BCUT2D eigenvalue weighted by atomic mass is 9.76. The number of halogens is 3. The van der Waals surface area contributed by atoms with E-state index in [4.69, 9.17) is 16.1 Å². The molecule has 2 unspecified atom stereocenters. The van der Waals surface area contributed by atoms with Gasteiger partial charge < -0.3 is 24.5 Å². The number of aromatic hydroxyl groups is 1. The normalized spacial score (nSPS) is 20.6. The van der Waals surface area contributed by atoms with Crippen molar-refractivity contribution in [3.63, 3.8) is 0 Å². The van der Waals surface area contributed by atoms with Gasteiger partial charge in [-0.05, 0) is 75.0 Å². The van der Waals surface area contributed by atoms with Crippen molar-refractivity contribution in [2.75, 3.05) is 51.3 Å². The molecular weight excluding hydrogens is 695 g/mol. The third-order valence-electron chi connectivity index (χ3n) is 11.2. The Kier molecular flexibility index (Phi) is 9.31. The molecule has 2 aliphatic heterocycles. The fourth-order valence-electron chi connectivity index (χ4n) is 8.58. The van der Waals surface area contributed by atoms with Crippen molar-refractivity contribution in [1.82, 2.24) is 29.7 Å². The van der Waals surface area contributed by atoms with Crippen LogP contribution in [0.25, 0.3) is 39.0 Å². The first-order valence-electron chi connectivity index (χ1n) is 18.1. The molecule has 2 atom stereocenters. The molecule has 54 heavy (non-hydrogen) atoms. The highest BCUT2D eigenvalue weighted by Crippen LogP contribution is 2.47. The standard InChI is InChI=1S/C41H38F3N7O3/c1-3-28-31(42)11-10-25-20-27(52)22-29(34(25)28)36-35(44)37-30(23-46-36)38(48-40(47-37)54-24-41-12-6-9-33(41)49(2)15-7-13-41)50-16-18-51(19-17-50)39(53)32(43)21-26-8-4-5-14-45-26/h1,4-5,8,10-11,14,20-23,33,52H,6-7,9,12-13,15-19,24H2,2H3/b32-21-. The lowest BCUT2D eigenvalue weighted by Crippen LogP contribution is -2.50. The Morgan fingerprint density at radius 1 is 1.07 bits per heavy atom. The van der Waals surface area contributed by atoms with Crippen LogP contribution in [0.1, 0.15) is 43.4 Å². The van der Waals surface area contributed by atoms with E-state index in [1.54, 1.807) is 18.2 Å². The second kappa shape index (κ2) is 14.2. The van der Waals surface area contributed by atoms with Gasteiger partial charge >= 0.3 is 6.01 Å². The van der Waals surface area contributed by atoms with E-state index in [-0.39, 0.29) is 76.5 Å². The highest BCUT2D eigenvalue weighted by molar-refractivity contribution is 6.03. The van der Waals surface area contributed by atoms with E-state index in [1.807, 2.05) is 4.90 Å². The zero-order chi connectivity index (χ0) is 37.6. The Morgan fingerprint density at radius 3 is 2.67 bits per heavy atom. The minimum absolute atomic E-state index is 0.0132. The van der Waals surface area contributed by atoms with Crippen LogP contribution in [0.5, 0.6) is 11.8 Å². The molecule has 13 heteroatoms. The summed E-state index contributed by atoms with van der Waals surface area (Å²) in [5, 5.41) is 11.5. The summed E-state index contributed by atoms with van der Waals surface area (Å²) in [6.45, 7) is 2.25. The number of carbonyl (C=O) groups is 1. The number of aromatic nitrogens is 4. The van der Waals surface area contributed by atoms with Crippen LogP contribution in [-0.2, 0) is 4.79 Å². The van der Waals surface area contributed by atoms with Gasteiger partial charge in [0.15, 0.2) is 11.6 Å². The predicted octanol–water partition coefficient (Wildman–Crippen LogP) is 6.51. The van der Waals surface area contributed by atoms with Gasteiger partial charge in [-0.15, -0.1) is 6.42 Å². The van der Waals surface area contributed by atoms with E-state index >= 15 is 4.39 Å². The maximum atomic E-state index is 17.0. The molecule has 8 rings (SSSR count). The van der Waals surface area contributed by atoms with E-state index in [0.717, 1.165) is 44.7 Å². The van der Waals surface area contributed by atoms with Crippen LogP contribution in [-0.4, -0.2) is 93.2 Å². The van der Waals surface area contributed by atoms with E-state index in [1.165, 1.54) is 41.6 Å². The summed E-state index contributed by atoms with van der Waals surface area (Å²) in [5.74, 6) is -0.633. The first-order chi connectivity index (χ1) is 26.2. The Bertz CT molecular complexity index is 2340. The molecule has 10 nitrogen and oxygen atoms in total. The summed E-state index contributed by atoms with van der Waals surface area (Å²) < 4.78 is 53.4. The van der Waals surface area contributed by atoms with E-state index in [0.29, 0.717) is 29.5 Å².